The largest absolute Gasteiger partial charge is 0.355 e. The lowest BCUT2D eigenvalue weighted by atomic mass is 10.1. The van der Waals surface area contributed by atoms with Gasteiger partial charge in [0.2, 0.25) is 0 Å². The van der Waals surface area contributed by atoms with Crippen molar-refractivity contribution in [2.75, 3.05) is 52.6 Å². The highest BCUT2D eigenvalue weighted by molar-refractivity contribution is 14.0. The zero-order valence-corrected chi connectivity index (χ0v) is 21.4. The molecule has 2 N–H and O–H groups in total. The number of guanidine groups is 1. The van der Waals surface area contributed by atoms with Crippen LogP contribution >= 0.6 is 24.0 Å². The Hall–Kier alpha value is -0.910. The molecule has 1 atom stereocenters. The van der Waals surface area contributed by atoms with Gasteiger partial charge < -0.3 is 15.5 Å². The molecule has 0 spiro atoms. The van der Waals surface area contributed by atoms with Crippen LogP contribution in [0, 0.1) is 6.92 Å². The third-order valence-electron chi connectivity index (χ3n) is 5.36. The second-order valence-corrected chi connectivity index (χ2v) is 9.48. The molecular weight excluding hydrogens is 501 g/mol. The van der Waals surface area contributed by atoms with E-state index in [1.54, 1.807) is 13.1 Å². The molecule has 0 aliphatic carbocycles. The van der Waals surface area contributed by atoms with Gasteiger partial charge in [0.15, 0.2) is 15.8 Å². The Bertz CT molecular complexity index is 777. The summed E-state index contributed by atoms with van der Waals surface area (Å²) >= 11 is 0. The highest BCUT2D eigenvalue weighted by Crippen LogP contribution is 2.16. The van der Waals surface area contributed by atoms with Crippen LogP contribution in [0.1, 0.15) is 25.0 Å². The molecule has 1 fully saturated rings. The quantitative estimate of drug-likeness (QED) is 0.314. The Labute approximate surface area is 193 Å². The van der Waals surface area contributed by atoms with Gasteiger partial charge in [0, 0.05) is 58.6 Å². The van der Waals surface area contributed by atoms with Crippen LogP contribution in [0.5, 0.6) is 0 Å². The lowest BCUT2D eigenvalue weighted by molar-refractivity contribution is 0.107. The first-order valence-electron chi connectivity index (χ1n) is 9.95. The summed E-state index contributed by atoms with van der Waals surface area (Å²) in [6.45, 7) is 13.3. The van der Waals surface area contributed by atoms with Crippen LogP contribution in [0.2, 0.25) is 0 Å². The number of likely N-dealkylation sites (N-methyl/N-ethyl adjacent to an activating group) is 1. The van der Waals surface area contributed by atoms with Gasteiger partial charge in [-0.2, -0.15) is 0 Å². The van der Waals surface area contributed by atoms with Crippen molar-refractivity contribution in [1.29, 1.82) is 0 Å². The number of nitrogens with one attached hydrogen (secondary N) is 2. The predicted molar refractivity (Wildman–Crippen MR) is 131 cm³/mol. The first-order chi connectivity index (χ1) is 13.2. The lowest BCUT2D eigenvalue weighted by Gasteiger charge is -2.37. The molecule has 166 valence electrons. The summed E-state index contributed by atoms with van der Waals surface area (Å²) in [5.41, 5.74) is 1.79. The van der Waals surface area contributed by atoms with Crippen LogP contribution in [0.15, 0.2) is 28.1 Å². The molecule has 0 amide bonds. The number of hydrogen-bond donors (Lipinski definition) is 2. The number of aryl methyl sites for hydroxylation is 1. The Balaban J connectivity index is 0.00000420. The Kier molecular flexibility index (Phi) is 10.9. The van der Waals surface area contributed by atoms with E-state index < -0.39 is 9.84 Å². The third-order valence-corrected chi connectivity index (χ3v) is 6.62. The summed E-state index contributed by atoms with van der Waals surface area (Å²) in [6, 6.07) is 5.87. The topological polar surface area (TPSA) is 77.0 Å². The first-order valence-corrected chi connectivity index (χ1v) is 11.8. The van der Waals surface area contributed by atoms with Crippen molar-refractivity contribution in [2.45, 2.75) is 38.3 Å². The number of benzene rings is 1. The van der Waals surface area contributed by atoms with Crippen molar-refractivity contribution in [3.8, 4) is 0 Å². The molecule has 9 heteroatoms. The molecule has 2 rings (SSSR count). The van der Waals surface area contributed by atoms with Crippen LogP contribution in [0.4, 0.5) is 0 Å². The maximum absolute atomic E-state index is 11.7. The number of hydrogen-bond acceptors (Lipinski definition) is 5. The fourth-order valence-electron chi connectivity index (χ4n) is 3.54. The van der Waals surface area contributed by atoms with Crippen molar-refractivity contribution in [2.24, 2.45) is 4.99 Å². The lowest BCUT2D eigenvalue weighted by Crippen LogP contribution is -2.53. The minimum absolute atomic E-state index is 0. The zero-order valence-electron chi connectivity index (χ0n) is 18.2. The SMILES string of the molecule is CCN1CCN(C(C)CNC(=NC)NCc2ccc(S(C)(=O)=O)c(C)c2)CC1.I. The van der Waals surface area contributed by atoms with Crippen LogP contribution < -0.4 is 10.6 Å². The fourth-order valence-corrected chi connectivity index (χ4v) is 4.50. The number of sulfone groups is 1. The van der Waals surface area contributed by atoms with Crippen molar-refractivity contribution >= 4 is 39.8 Å². The van der Waals surface area contributed by atoms with Gasteiger partial charge in [-0.15, -0.1) is 24.0 Å². The Morgan fingerprint density at radius 3 is 2.38 bits per heavy atom. The molecule has 1 saturated heterocycles. The molecular formula is C20H36IN5O2S. The maximum Gasteiger partial charge on any atom is 0.191 e. The van der Waals surface area contributed by atoms with E-state index in [-0.39, 0.29) is 24.0 Å². The van der Waals surface area contributed by atoms with Crippen LogP contribution in [-0.2, 0) is 16.4 Å². The molecule has 0 radical (unpaired) electrons. The van der Waals surface area contributed by atoms with E-state index in [0.717, 1.165) is 56.4 Å². The van der Waals surface area contributed by atoms with Crippen molar-refractivity contribution in [3.63, 3.8) is 0 Å². The van der Waals surface area contributed by atoms with Gasteiger partial charge in [-0.1, -0.05) is 19.1 Å². The highest BCUT2D eigenvalue weighted by atomic mass is 127. The van der Waals surface area contributed by atoms with Crippen molar-refractivity contribution < 1.29 is 8.42 Å². The minimum Gasteiger partial charge on any atom is -0.355 e. The standard InChI is InChI=1S/C20H35N5O2S.HI/c1-6-24-9-11-25(12-10-24)17(3)14-22-20(21-4)23-15-18-7-8-19(16(2)13-18)28(5,26)27;/h7-8,13,17H,6,9-12,14-15H2,1-5H3,(H2,21,22,23);1H. The second kappa shape index (κ2) is 12.1. The third kappa shape index (κ3) is 8.03. The summed E-state index contributed by atoms with van der Waals surface area (Å²) in [7, 11) is -1.42. The van der Waals surface area contributed by atoms with Crippen LogP contribution in [0.3, 0.4) is 0 Å². The molecule has 29 heavy (non-hydrogen) atoms. The monoisotopic (exact) mass is 537 g/mol. The first kappa shape index (κ1) is 26.1. The smallest absolute Gasteiger partial charge is 0.191 e. The Morgan fingerprint density at radius 1 is 1.21 bits per heavy atom. The van der Waals surface area contributed by atoms with Crippen molar-refractivity contribution in [3.05, 3.63) is 29.3 Å². The van der Waals surface area contributed by atoms with Crippen LogP contribution in [-0.4, -0.2) is 82.8 Å². The van der Waals surface area contributed by atoms with Gasteiger partial charge in [0.1, 0.15) is 0 Å². The molecule has 1 heterocycles. The molecule has 0 aromatic heterocycles. The molecule has 1 unspecified atom stereocenters. The molecule has 0 bridgehead atoms. The van der Waals surface area contributed by atoms with Gasteiger partial charge in [0.05, 0.1) is 4.90 Å². The predicted octanol–water partition coefficient (Wildman–Crippen LogP) is 1.71. The number of piperazine rings is 1. The Morgan fingerprint density at radius 2 is 1.86 bits per heavy atom. The van der Waals surface area contributed by atoms with Gasteiger partial charge in [-0.05, 0) is 37.6 Å². The van der Waals surface area contributed by atoms with Crippen LogP contribution in [0.25, 0.3) is 0 Å². The van der Waals surface area contributed by atoms with Crippen molar-refractivity contribution in [1.82, 2.24) is 20.4 Å². The molecule has 1 aliphatic rings. The molecule has 1 aromatic rings. The summed E-state index contributed by atoms with van der Waals surface area (Å²) in [4.78, 5) is 9.68. The summed E-state index contributed by atoms with van der Waals surface area (Å²) < 4.78 is 23.5. The van der Waals surface area contributed by atoms with E-state index in [9.17, 15) is 8.42 Å². The molecule has 7 nitrogen and oxygen atoms in total. The zero-order chi connectivity index (χ0) is 20.7. The fraction of sp³-hybridized carbons (Fsp3) is 0.650. The second-order valence-electron chi connectivity index (χ2n) is 7.50. The highest BCUT2D eigenvalue weighted by Gasteiger charge is 2.20. The van der Waals surface area contributed by atoms with Gasteiger partial charge in [-0.25, -0.2) is 8.42 Å². The van der Waals surface area contributed by atoms with Gasteiger partial charge >= 0.3 is 0 Å². The van der Waals surface area contributed by atoms with E-state index in [1.807, 2.05) is 19.1 Å². The average molecular weight is 538 g/mol. The summed E-state index contributed by atoms with van der Waals surface area (Å²) in [5.74, 6) is 0.754. The summed E-state index contributed by atoms with van der Waals surface area (Å²) in [5, 5.41) is 6.71. The number of aliphatic imine (C=N–C) groups is 1. The molecule has 1 aromatic carbocycles. The van der Waals surface area contributed by atoms with E-state index in [4.69, 9.17) is 0 Å². The number of halogens is 1. The van der Waals surface area contributed by atoms with E-state index in [0.29, 0.717) is 17.5 Å². The van der Waals surface area contributed by atoms with Gasteiger partial charge in [0.25, 0.3) is 0 Å². The minimum atomic E-state index is -3.18. The number of nitrogens with zero attached hydrogens (tertiary/aromatic N) is 3. The van der Waals surface area contributed by atoms with E-state index >= 15 is 0 Å². The normalized spacial score (nSPS) is 17.5. The number of rotatable bonds is 7. The molecule has 0 saturated carbocycles. The maximum atomic E-state index is 11.7. The molecule has 1 aliphatic heterocycles. The summed E-state index contributed by atoms with van der Waals surface area (Å²) in [6.07, 6.45) is 1.24. The van der Waals surface area contributed by atoms with E-state index in [1.165, 1.54) is 6.26 Å². The average Bonchev–Trinajstić information content (AvgIpc) is 2.67. The van der Waals surface area contributed by atoms with E-state index in [2.05, 4.69) is 39.3 Å². The van der Waals surface area contributed by atoms with Gasteiger partial charge in [-0.3, -0.25) is 9.89 Å².